The Kier molecular flexibility index (Phi) is 5.71. The lowest BCUT2D eigenvalue weighted by molar-refractivity contribution is 0.102. The van der Waals surface area contributed by atoms with E-state index < -0.39 is 0 Å². The van der Waals surface area contributed by atoms with Crippen molar-refractivity contribution in [2.45, 2.75) is 0 Å². The number of anilines is 1. The van der Waals surface area contributed by atoms with Crippen molar-refractivity contribution in [2.24, 2.45) is 0 Å². The van der Waals surface area contributed by atoms with E-state index in [0.717, 1.165) is 17.0 Å². The van der Waals surface area contributed by atoms with Crippen LogP contribution in [-0.4, -0.2) is 36.2 Å². The molecular formula is C18H17N3O3S. The van der Waals surface area contributed by atoms with Gasteiger partial charge in [0.1, 0.15) is 18.1 Å². The van der Waals surface area contributed by atoms with Gasteiger partial charge in [0.05, 0.1) is 12.3 Å². The van der Waals surface area contributed by atoms with Crippen molar-refractivity contribution in [1.29, 1.82) is 0 Å². The number of rotatable bonds is 7. The molecule has 2 heterocycles. The van der Waals surface area contributed by atoms with E-state index in [0.29, 0.717) is 24.0 Å². The number of para-hydroxylation sites is 1. The van der Waals surface area contributed by atoms with Gasteiger partial charge in [0.15, 0.2) is 5.13 Å². The molecule has 0 atom stereocenters. The van der Waals surface area contributed by atoms with Crippen LogP contribution >= 0.6 is 11.3 Å². The minimum atomic E-state index is -0.286. The van der Waals surface area contributed by atoms with Gasteiger partial charge >= 0.3 is 0 Å². The summed E-state index contributed by atoms with van der Waals surface area (Å²) in [6, 6.07) is 12.8. The van der Waals surface area contributed by atoms with Crippen LogP contribution in [0.15, 0.2) is 54.0 Å². The number of nitrogens with zero attached hydrogens (tertiary/aromatic N) is 2. The zero-order valence-corrected chi connectivity index (χ0v) is 14.5. The quantitative estimate of drug-likeness (QED) is 0.657. The fraction of sp³-hybridized carbons (Fsp3) is 0.167. The van der Waals surface area contributed by atoms with Crippen molar-refractivity contribution < 1.29 is 14.3 Å². The van der Waals surface area contributed by atoms with Gasteiger partial charge in [0, 0.05) is 24.3 Å². The maximum atomic E-state index is 12.2. The van der Waals surface area contributed by atoms with Gasteiger partial charge in [-0.3, -0.25) is 15.1 Å². The predicted octanol–water partition coefficient (Wildman–Crippen LogP) is 3.48. The first-order valence-electron chi connectivity index (χ1n) is 7.67. The van der Waals surface area contributed by atoms with Gasteiger partial charge in [-0.2, -0.15) is 0 Å². The van der Waals surface area contributed by atoms with E-state index >= 15 is 0 Å². The smallest absolute Gasteiger partial charge is 0.276 e. The molecule has 1 amide bonds. The molecule has 2 aromatic heterocycles. The first kappa shape index (κ1) is 17.1. The monoisotopic (exact) mass is 355 g/mol. The van der Waals surface area contributed by atoms with Crippen LogP contribution in [0.1, 0.15) is 10.5 Å². The zero-order valence-electron chi connectivity index (χ0n) is 13.6. The second-order valence-electron chi connectivity index (χ2n) is 5.04. The molecule has 3 rings (SSSR count). The largest absolute Gasteiger partial charge is 0.490 e. The Hall–Kier alpha value is -2.77. The lowest BCUT2D eigenvalue weighted by Crippen LogP contribution is -2.13. The minimum absolute atomic E-state index is 0.286. The fourth-order valence-electron chi connectivity index (χ4n) is 2.15. The maximum Gasteiger partial charge on any atom is 0.276 e. The van der Waals surface area contributed by atoms with E-state index in [2.05, 4.69) is 15.3 Å². The van der Waals surface area contributed by atoms with Crippen LogP contribution in [0, 0.1) is 0 Å². The van der Waals surface area contributed by atoms with Crippen molar-refractivity contribution >= 4 is 22.4 Å². The average Bonchev–Trinajstić information content (AvgIpc) is 3.11. The highest BCUT2D eigenvalue weighted by Gasteiger charge is 2.13. The van der Waals surface area contributed by atoms with E-state index in [1.54, 1.807) is 31.5 Å². The van der Waals surface area contributed by atoms with Crippen molar-refractivity contribution in [1.82, 2.24) is 9.97 Å². The molecule has 0 aliphatic carbocycles. The number of nitrogens with one attached hydrogen (secondary N) is 1. The number of ether oxygens (including phenoxy) is 2. The standard InChI is InChI=1S/C18H17N3O3S/c1-23-10-11-24-16-8-3-2-6-13(16)15-12-25-18(20-15)21-17(22)14-7-4-5-9-19-14/h2-9,12H,10-11H2,1H3,(H,20,21,22). The third-order valence-corrected chi connectivity index (χ3v) is 4.09. The first-order chi connectivity index (χ1) is 12.3. The zero-order chi connectivity index (χ0) is 17.5. The summed E-state index contributed by atoms with van der Waals surface area (Å²) in [5.74, 6) is 0.443. The lowest BCUT2D eigenvalue weighted by atomic mass is 10.1. The first-order valence-corrected chi connectivity index (χ1v) is 8.55. The van der Waals surface area contributed by atoms with Crippen molar-refractivity contribution in [3.63, 3.8) is 0 Å². The molecule has 3 aromatic rings. The molecular weight excluding hydrogens is 338 g/mol. The lowest BCUT2D eigenvalue weighted by Gasteiger charge is -2.09. The molecule has 0 aliphatic heterocycles. The van der Waals surface area contributed by atoms with Gasteiger partial charge in [-0.1, -0.05) is 18.2 Å². The molecule has 25 heavy (non-hydrogen) atoms. The molecule has 0 fully saturated rings. The minimum Gasteiger partial charge on any atom is -0.490 e. The van der Waals surface area contributed by atoms with Gasteiger partial charge in [-0.15, -0.1) is 11.3 Å². The van der Waals surface area contributed by atoms with Crippen LogP contribution in [0.25, 0.3) is 11.3 Å². The average molecular weight is 355 g/mol. The summed E-state index contributed by atoms with van der Waals surface area (Å²) in [6.07, 6.45) is 1.58. The Morgan fingerprint density at radius 1 is 1.16 bits per heavy atom. The Balaban J connectivity index is 1.74. The number of methoxy groups -OCH3 is 1. The Bertz CT molecular complexity index is 836. The molecule has 0 unspecified atom stereocenters. The highest BCUT2D eigenvalue weighted by Crippen LogP contribution is 2.32. The molecule has 1 N–H and O–H groups in total. The number of benzene rings is 1. The van der Waals surface area contributed by atoms with Crippen LogP contribution in [0.2, 0.25) is 0 Å². The Morgan fingerprint density at radius 2 is 2.00 bits per heavy atom. The van der Waals surface area contributed by atoms with Gasteiger partial charge in [-0.05, 0) is 24.3 Å². The van der Waals surface area contributed by atoms with Gasteiger partial charge < -0.3 is 9.47 Å². The normalized spacial score (nSPS) is 10.4. The number of aromatic nitrogens is 2. The molecule has 0 bridgehead atoms. The van der Waals surface area contributed by atoms with Crippen LogP contribution in [0.3, 0.4) is 0 Å². The molecule has 6 nitrogen and oxygen atoms in total. The fourth-order valence-corrected chi connectivity index (χ4v) is 2.86. The summed E-state index contributed by atoms with van der Waals surface area (Å²) >= 11 is 1.35. The summed E-state index contributed by atoms with van der Waals surface area (Å²) in [7, 11) is 1.63. The summed E-state index contributed by atoms with van der Waals surface area (Å²) in [4.78, 5) is 20.7. The number of carbonyl (C=O) groups is 1. The summed E-state index contributed by atoms with van der Waals surface area (Å²) in [6.45, 7) is 0.970. The number of amides is 1. The van der Waals surface area contributed by atoms with Gasteiger partial charge in [0.2, 0.25) is 0 Å². The maximum absolute atomic E-state index is 12.2. The van der Waals surface area contributed by atoms with Crippen molar-refractivity contribution in [3.05, 3.63) is 59.7 Å². The second-order valence-corrected chi connectivity index (χ2v) is 5.90. The van der Waals surface area contributed by atoms with E-state index in [4.69, 9.17) is 9.47 Å². The number of pyridine rings is 1. The van der Waals surface area contributed by atoms with Crippen molar-refractivity contribution in [3.8, 4) is 17.0 Å². The number of thiazole rings is 1. The topological polar surface area (TPSA) is 73.3 Å². The summed E-state index contributed by atoms with van der Waals surface area (Å²) in [5.41, 5.74) is 1.96. The highest BCUT2D eigenvalue weighted by molar-refractivity contribution is 7.14. The molecule has 128 valence electrons. The highest BCUT2D eigenvalue weighted by atomic mass is 32.1. The SMILES string of the molecule is COCCOc1ccccc1-c1csc(NC(=O)c2ccccn2)n1. The number of hydrogen-bond donors (Lipinski definition) is 1. The molecule has 0 aliphatic rings. The van der Waals surface area contributed by atoms with E-state index in [-0.39, 0.29) is 5.91 Å². The molecule has 0 spiro atoms. The molecule has 1 aromatic carbocycles. The van der Waals surface area contributed by atoms with E-state index in [1.165, 1.54) is 11.3 Å². The molecule has 0 saturated carbocycles. The van der Waals surface area contributed by atoms with Crippen LogP contribution in [0.5, 0.6) is 5.75 Å². The van der Waals surface area contributed by atoms with Crippen LogP contribution in [0.4, 0.5) is 5.13 Å². The Morgan fingerprint density at radius 3 is 2.80 bits per heavy atom. The van der Waals surface area contributed by atoms with Crippen molar-refractivity contribution in [2.75, 3.05) is 25.6 Å². The third kappa shape index (κ3) is 4.40. The number of carbonyl (C=O) groups excluding carboxylic acids is 1. The molecule has 0 saturated heterocycles. The summed E-state index contributed by atoms with van der Waals surface area (Å²) in [5, 5.41) is 5.16. The predicted molar refractivity (Wildman–Crippen MR) is 97.1 cm³/mol. The second kappa shape index (κ2) is 8.36. The van der Waals surface area contributed by atoms with Gasteiger partial charge in [-0.25, -0.2) is 4.98 Å². The molecule has 7 heteroatoms. The van der Waals surface area contributed by atoms with Crippen LogP contribution in [-0.2, 0) is 4.74 Å². The number of hydrogen-bond acceptors (Lipinski definition) is 6. The third-order valence-electron chi connectivity index (χ3n) is 3.33. The summed E-state index contributed by atoms with van der Waals surface area (Å²) < 4.78 is 10.7. The van der Waals surface area contributed by atoms with Gasteiger partial charge in [0.25, 0.3) is 5.91 Å². The Labute approximate surface area is 149 Å². The van der Waals surface area contributed by atoms with E-state index in [1.807, 2.05) is 29.6 Å². The van der Waals surface area contributed by atoms with E-state index in [9.17, 15) is 4.79 Å². The molecule has 0 radical (unpaired) electrons. The van der Waals surface area contributed by atoms with Crippen LogP contribution < -0.4 is 10.1 Å².